The van der Waals surface area contributed by atoms with Crippen molar-refractivity contribution >= 4 is 22.8 Å². The lowest BCUT2D eigenvalue weighted by Gasteiger charge is -2.40. The molecule has 3 aliphatic rings. The number of hydrogen-bond donors (Lipinski definition) is 1. The van der Waals surface area contributed by atoms with Gasteiger partial charge >= 0.3 is 0 Å². The van der Waals surface area contributed by atoms with Gasteiger partial charge in [-0.05, 0) is 56.7 Å². The molecule has 3 saturated heterocycles. The number of nitrogens with one attached hydrogen (secondary N) is 1. The van der Waals surface area contributed by atoms with Crippen LogP contribution in [0.3, 0.4) is 0 Å². The molecule has 3 fully saturated rings. The fraction of sp³-hybridized carbons (Fsp3) is 0.500. The molecular weight excluding hydrogens is 462 g/mol. The number of piperidine rings is 1. The molecule has 2 bridgehead atoms. The zero-order chi connectivity index (χ0) is 25.5. The minimum atomic E-state index is -0.260. The summed E-state index contributed by atoms with van der Waals surface area (Å²) in [6, 6.07) is 20.4. The number of nitrogens with zero attached hydrogens (tertiary/aromatic N) is 4. The average Bonchev–Trinajstić information content (AvgIpc) is 3.50. The average molecular weight is 500 g/mol. The van der Waals surface area contributed by atoms with Crippen LogP contribution in [0, 0.1) is 12.8 Å². The molecule has 1 N–H and O–H groups in total. The van der Waals surface area contributed by atoms with Crippen LogP contribution in [-0.4, -0.2) is 63.4 Å². The minimum Gasteiger partial charge on any atom is -0.349 e. The van der Waals surface area contributed by atoms with Gasteiger partial charge in [0.1, 0.15) is 5.82 Å². The van der Waals surface area contributed by atoms with Gasteiger partial charge in [-0.15, -0.1) is 0 Å². The molecule has 2 amide bonds. The highest BCUT2D eigenvalue weighted by molar-refractivity contribution is 5.89. The quantitative estimate of drug-likeness (QED) is 0.528. The summed E-state index contributed by atoms with van der Waals surface area (Å²) in [5, 5.41) is 3.31. The summed E-state index contributed by atoms with van der Waals surface area (Å²) in [5.74, 6) is 0.901. The monoisotopic (exact) mass is 499 g/mol. The lowest BCUT2D eigenvalue weighted by Crippen LogP contribution is -2.45. The van der Waals surface area contributed by atoms with E-state index in [0.717, 1.165) is 42.7 Å². The number of hydrogen-bond acceptors (Lipinski definition) is 4. The maximum absolute atomic E-state index is 13.1. The first-order valence-corrected chi connectivity index (χ1v) is 13.8. The number of likely N-dealkylation sites (tertiary alicyclic amines) is 1. The number of aryl methyl sites for hydroxylation is 1. The highest BCUT2D eigenvalue weighted by Gasteiger charge is 2.42. The summed E-state index contributed by atoms with van der Waals surface area (Å²) in [6.07, 6.45) is 5.96. The van der Waals surface area contributed by atoms with E-state index in [-0.39, 0.29) is 23.8 Å². The van der Waals surface area contributed by atoms with E-state index >= 15 is 0 Å². The number of amides is 2. The molecule has 1 aromatic heterocycles. The van der Waals surface area contributed by atoms with Crippen LogP contribution in [0.5, 0.6) is 0 Å². The molecule has 3 aromatic rings. The van der Waals surface area contributed by atoms with Gasteiger partial charge in [0.25, 0.3) is 0 Å². The van der Waals surface area contributed by atoms with Crippen LogP contribution in [0.2, 0.25) is 0 Å². The molecule has 194 valence electrons. The topological polar surface area (TPSA) is 70.5 Å². The third kappa shape index (κ3) is 4.65. The van der Waals surface area contributed by atoms with E-state index < -0.39 is 0 Å². The number of benzene rings is 2. The molecule has 0 radical (unpaired) electrons. The number of rotatable bonds is 7. The van der Waals surface area contributed by atoms with Crippen LogP contribution in [0.4, 0.5) is 0 Å². The van der Waals surface area contributed by atoms with Crippen LogP contribution < -0.4 is 5.32 Å². The summed E-state index contributed by atoms with van der Waals surface area (Å²) >= 11 is 0. The van der Waals surface area contributed by atoms with Gasteiger partial charge in [0.05, 0.1) is 23.0 Å². The van der Waals surface area contributed by atoms with E-state index in [9.17, 15) is 9.59 Å². The van der Waals surface area contributed by atoms with Gasteiger partial charge in [-0.25, -0.2) is 4.98 Å². The van der Waals surface area contributed by atoms with Gasteiger partial charge in [0.2, 0.25) is 11.8 Å². The second-order valence-corrected chi connectivity index (χ2v) is 11.2. The SMILES string of the molecule is Cc1nc2ccccc2n1C1CC2CCC(C1)N2CC[C@@H](NC(=O)C1CC(=O)N(C)C1)c1ccccc1. The van der Waals surface area contributed by atoms with Gasteiger partial charge in [-0.3, -0.25) is 14.5 Å². The lowest BCUT2D eigenvalue weighted by atomic mass is 9.95. The molecule has 7 nitrogen and oxygen atoms in total. The summed E-state index contributed by atoms with van der Waals surface area (Å²) in [7, 11) is 1.78. The highest BCUT2D eigenvalue weighted by Crippen LogP contribution is 2.42. The smallest absolute Gasteiger partial charge is 0.225 e. The summed E-state index contributed by atoms with van der Waals surface area (Å²) < 4.78 is 2.48. The van der Waals surface area contributed by atoms with Gasteiger partial charge in [-0.2, -0.15) is 0 Å². The molecule has 4 heterocycles. The predicted molar refractivity (Wildman–Crippen MR) is 144 cm³/mol. The first-order chi connectivity index (χ1) is 18.0. The van der Waals surface area contributed by atoms with Gasteiger partial charge in [0, 0.05) is 44.7 Å². The molecule has 6 rings (SSSR count). The lowest BCUT2D eigenvalue weighted by molar-refractivity contribution is -0.128. The van der Waals surface area contributed by atoms with Gasteiger partial charge < -0.3 is 14.8 Å². The van der Waals surface area contributed by atoms with Crippen molar-refractivity contribution in [3.63, 3.8) is 0 Å². The second-order valence-electron chi connectivity index (χ2n) is 11.2. The summed E-state index contributed by atoms with van der Waals surface area (Å²) in [5.41, 5.74) is 3.48. The number of carbonyl (C=O) groups excluding carboxylic acids is 2. The Labute approximate surface area is 218 Å². The van der Waals surface area contributed by atoms with Gasteiger partial charge in [0.15, 0.2) is 0 Å². The normalized spacial score (nSPS) is 26.6. The Morgan fingerprint density at radius 1 is 1.03 bits per heavy atom. The third-order valence-corrected chi connectivity index (χ3v) is 8.90. The Balaban J connectivity index is 1.14. The van der Waals surface area contributed by atoms with Gasteiger partial charge in [-0.1, -0.05) is 42.5 Å². The van der Waals surface area contributed by atoms with E-state index in [1.807, 2.05) is 18.2 Å². The van der Waals surface area contributed by atoms with E-state index in [1.54, 1.807) is 11.9 Å². The molecule has 2 aromatic carbocycles. The number of fused-ring (bicyclic) bond motifs is 3. The van der Waals surface area contributed by atoms with Crippen LogP contribution in [0.1, 0.15) is 62.0 Å². The Hall–Kier alpha value is -3.19. The maximum Gasteiger partial charge on any atom is 0.225 e. The van der Waals surface area contributed by atoms with E-state index in [1.165, 1.54) is 18.4 Å². The fourth-order valence-electron chi connectivity index (χ4n) is 7.06. The molecule has 3 unspecified atom stereocenters. The van der Waals surface area contributed by atoms with Crippen molar-refractivity contribution in [1.82, 2.24) is 24.7 Å². The predicted octanol–water partition coefficient (Wildman–Crippen LogP) is 4.24. The Morgan fingerprint density at radius 2 is 1.73 bits per heavy atom. The first kappa shape index (κ1) is 24.2. The third-order valence-electron chi connectivity index (χ3n) is 8.90. The summed E-state index contributed by atoms with van der Waals surface area (Å²) in [4.78, 5) is 34.3. The Bertz CT molecular complexity index is 1270. The molecule has 0 aliphatic carbocycles. The Kier molecular flexibility index (Phi) is 6.49. The molecule has 3 aliphatic heterocycles. The van der Waals surface area contributed by atoms with Crippen molar-refractivity contribution in [3.05, 3.63) is 66.0 Å². The number of aromatic nitrogens is 2. The molecule has 0 spiro atoms. The van der Waals surface area contributed by atoms with Crippen LogP contribution in [0.15, 0.2) is 54.6 Å². The fourth-order valence-corrected chi connectivity index (χ4v) is 7.06. The van der Waals surface area contributed by atoms with Crippen LogP contribution in [-0.2, 0) is 9.59 Å². The van der Waals surface area contributed by atoms with Crippen molar-refractivity contribution in [2.24, 2.45) is 5.92 Å². The molecule has 37 heavy (non-hydrogen) atoms. The number of carbonyl (C=O) groups is 2. The largest absolute Gasteiger partial charge is 0.349 e. The van der Waals surface area contributed by atoms with Crippen LogP contribution >= 0.6 is 0 Å². The van der Waals surface area contributed by atoms with Crippen molar-refractivity contribution < 1.29 is 9.59 Å². The standard InChI is InChI=1S/C30H37N5O2/c1-20-31-27-10-6-7-11-28(27)35(20)25-17-23-12-13-24(18-25)34(23)15-14-26(21-8-4-3-5-9-21)32-30(37)22-16-29(36)33(2)19-22/h3-11,22-26H,12-19H2,1-2H3,(H,32,37)/t22?,23?,24?,25?,26-/m1/s1. The van der Waals surface area contributed by atoms with Crippen molar-refractivity contribution in [2.45, 2.75) is 69.6 Å². The van der Waals surface area contributed by atoms with Crippen LogP contribution in [0.25, 0.3) is 11.0 Å². The van der Waals surface area contributed by atoms with E-state index in [0.29, 0.717) is 31.1 Å². The molecular formula is C30H37N5O2. The zero-order valence-corrected chi connectivity index (χ0v) is 21.8. The minimum absolute atomic E-state index is 0.00399. The highest BCUT2D eigenvalue weighted by atomic mass is 16.2. The van der Waals surface area contributed by atoms with Crippen molar-refractivity contribution in [2.75, 3.05) is 20.1 Å². The number of imidazole rings is 1. The van der Waals surface area contributed by atoms with Crippen molar-refractivity contribution in [3.8, 4) is 0 Å². The van der Waals surface area contributed by atoms with E-state index in [2.05, 4.69) is 58.1 Å². The second kappa shape index (κ2) is 9.93. The Morgan fingerprint density at radius 3 is 2.43 bits per heavy atom. The zero-order valence-electron chi connectivity index (χ0n) is 21.8. The molecule has 0 saturated carbocycles. The first-order valence-electron chi connectivity index (χ1n) is 13.8. The maximum atomic E-state index is 13.1. The van der Waals surface area contributed by atoms with Crippen molar-refractivity contribution in [1.29, 1.82) is 0 Å². The number of para-hydroxylation sites is 2. The van der Waals surface area contributed by atoms with E-state index in [4.69, 9.17) is 4.98 Å². The summed E-state index contributed by atoms with van der Waals surface area (Å²) in [6.45, 7) is 3.61. The molecule has 7 heteroatoms. The molecule has 4 atom stereocenters.